The number of nitrogens with zero attached hydrogens (tertiary/aromatic N) is 2. The van der Waals surface area contributed by atoms with Crippen molar-refractivity contribution in [2.45, 2.75) is 57.6 Å². The minimum absolute atomic E-state index is 0.683. The first kappa shape index (κ1) is 16.6. The lowest BCUT2D eigenvalue weighted by molar-refractivity contribution is 0.703. The molecule has 0 spiro atoms. The van der Waals surface area contributed by atoms with E-state index in [-0.39, 0.29) is 0 Å². The molecule has 4 heteroatoms. The molecule has 1 aliphatic heterocycles. The van der Waals surface area contributed by atoms with Crippen LogP contribution >= 0.6 is 11.8 Å². The zero-order valence-electron chi connectivity index (χ0n) is 13.9. The Labute approximate surface area is 133 Å². The number of rotatable bonds is 6. The van der Waals surface area contributed by atoms with Crippen molar-refractivity contribution in [3.8, 4) is 0 Å². The molecule has 0 radical (unpaired) electrons. The summed E-state index contributed by atoms with van der Waals surface area (Å²) >= 11 is 2.09. The molecule has 0 bridgehead atoms. The highest BCUT2D eigenvalue weighted by molar-refractivity contribution is 8.00. The predicted octanol–water partition coefficient (Wildman–Crippen LogP) is 3.47. The van der Waals surface area contributed by atoms with Crippen LogP contribution in [0.2, 0.25) is 0 Å². The Morgan fingerprint density at radius 3 is 2.57 bits per heavy atom. The number of hydrogen-bond donors (Lipinski definition) is 1. The van der Waals surface area contributed by atoms with Gasteiger partial charge in [-0.3, -0.25) is 0 Å². The molecule has 1 aromatic rings. The van der Waals surface area contributed by atoms with Crippen LogP contribution in [-0.4, -0.2) is 35.1 Å². The van der Waals surface area contributed by atoms with E-state index in [1.807, 2.05) is 0 Å². The number of aromatic nitrogens is 1. The Morgan fingerprint density at radius 1 is 1.24 bits per heavy atom. The van der Waals surface area contributed by atoms with Gasteiger partial charge >= 0.3 is 0 Å². The highest BCUT2D eigenvalue weighted by atomic mass is 32.2. The molecule has 21 heavy (non-hydrogen) atoms. The highest BCUT2D eigenvalue weighted by Crippen LogP contribution is 2.28. The zero-order chi connectivity index (χ0) is 15.2. The van der Waals surface area contributed by atoms with E-state index >= 15 is 0 Å². The number of thioether (sulfide) groups is 1. The van der Waals surface area contributed by atoms with E-state index in [2.05, 4.69) is 61.8 Å². The standard InChI is InChI=1S/C17H29N3S/c1-5-7-16-8-15(10-18-6-2)9-17(19-16)20-11-13(3)21-14(4)12-20/h8-9,13-14,18H,5-7,10-12H2,1-4H3. The van der Waals surface area contributed by atoms with Gasteiger partial charge in [0.1, 0.15) is 5.82 Å². The van der Waals surface area contributed by atoms with Crippen molar-refractivity contribution in [3.05, 3.63) is 23.4 Å². The summed E-state index contributed by atoms with van der Waals surface area (Å²) in [6.07, 6.45) is 2.22. The van der Waals surface area contributed by atoms with Crippen molar-refractivity contribution < 1.29 is 0 Å². The Morgan fingerprint density at radius 2 is 1.95 bits per heavy atom. The van der Waals surface area contributed by atoms with Gasteiger partial charge in [0.25, 0.3) is 0 Å². The third-order valence-corrected chi connectivity index (χ3v) is 4.98. The molecule has 1 aromatic heterocycles. The van der Waals surface area contributed by atoms with Crippen LogP contribution in [0.5, 0.6) is 0 Å². The lowest BCUT2D eigenvalue weighted by Crippen LogP contribution is -2.41. The molecule has 0 amide bonds. The molecule has 1 saturated heterocycles. The Balaban J connectivity index is 2.21. The van der Waals surface area contributed by atoms with Crippen molar-refractivity contribution in [3.63, 3.8) is 0 Å². The molecule has 2 rings (SSSR count). The molecule has 2 unspecified atom stereocenters. The molecular weight excluding hydrogens is 278 g/mol. The van der Waals surface area contributed by atoms with E-state index in [1.54, 1.807) is 0 Å². The summed E-state index contributed by atoms with van der Waals surface area (Å²) in [7, 11) is 0. The molecule has 1 fully saturated rings. The maximum Gasteiger partial charge on any atom is 0.129 e. The molecule has 0 saturated carbocycles. The van der Waals surface area contributed by atoms with Crippen LogP contribution in [0.3, 0.4) is 0 Å². The maximum atomic E-state index is 4.91. The molecule has 3 nitrogen and oxygen atoms in total. The van der Waals surface area contributed by atoms with Gasteiger partial charge in [-0.15, -0.1) is 0 Å². The lowest BCUT2D eigenvalue weighted by Gasteiger charge is -2.35. The molecule has 0 aromatic carbocycles. The predicted molar refractivity (Wildman–Crippen MR) is 94.3 cm³/mol. The Bertz CT molecular complexity index is 440. The summed E-state index contributed by atoms with van der Waals surface area (Å²) in [5, 5.41) is 4.80. The topological polar surface area (TPSA) is 28.2 Å². The van der Waals surface area contributed by atoms with Crippen LogP contribution in [0, 0.1) is 0 Å². The van der Waals surface area contributed by atoms with Crippen LogP contribution in [0.25, 0.3) is 0 Å². The minimum Gasteiger partial charge on any atom is -0.354 e. The second kappa shape index (κ2) is 8.04. The fraction of sp³-hybridized carbons (Fsp3) is 0.706. The van der Waals surface area contributed by atoms with E-state index in [4.69, 9.17) is 4.98 Å². The third-order valence-electron chi connectivity index (χ3n) is 3.75. The van der Waals surface area contributed by atoms with Crippen LogP contribution in [0.15, 0.2) is 12.1 Å². The van der Waals surface area contributed by atoms with Crippen LogP contribution in [0.1, 0.15) is 45.4 Å². The number of nitrogens with one attached hydrogen (secondary N) is 1. The van der Waals surface area contributed by atoms with E-state index in [9.17, 15) is 0 Å². The van der Waals surface area contributed by atoms with Gasteiger partial charge in [0.05, 0.1) is 0 Å². The first-order valence-corrected chi connectivity index (χ1v) is 9.17. The number of hydrogen-bond acceptors (Lipinski definition) is 4. The third kappa shape index (κ3) is 4.89. The number of pyridine rings is 1. The number of aryl methyl sites for hydroxylation is 1. The van der Waals surface area contributed by atoms with Gasteiger partial charge in [-0.25, -0.2) is 4.98 Å². The summed E-state index contributed by atoms with van der Waals surface area (Å²) in [5.41, 5.74) is 2.60. The van der Waals surface area contributed by atoms with Crippen molar-refractivity contribution in [1.29, 1.82) is 0 Å². The molecule has 118 valence electrons. The molecule has 0 aliphatic carbocycles. The maximum absolute atomic E-state index is 4.91. The summed E-state index contributed by atoms with van der Waals surface area (Å²) in [5.74, 6) is 1.17. The van der Waals surface area contributed by atoms with E-state index < -0.39 is 0 Å². The van der Waals surface area contributed by atoms with Crippen LogP contribution in [-0.2, 0) is 13.0 Å². The van der Waals surface area contributed by atoms with E-state index in [0.29, 0.717) is 10.5 Å². The second-order valence-electron chi connectivity index (χ2n) is 6.02. The first-order chi connectivity index (χ1) is 10.1. The summed E-state index contributed by atoms with van der Waals surface area (Å²) in [6.45, 7) is 13.2. The van der Waals surface area contributed by atoms with Gasteiger partial charge in [0, 0.05) is 35.8 Å². The van der Waals surface area contributed by atoms with Gasteiger partial charge < -0.3 is 10.2 Å². The molecule has 1 N–H and O–H groups in total. The Kier molecular flexibility index (Phi) is 6.37. The normalized spacial score (nSPS) is 22.6. The van der Waals surface area contributed by atoms with Gasteiger partial charge in [0.2, 0.25) is 0 Å². The molecular formula is C17H29N3S. The average molecular weight is 308 g/mol. The first-order valence-electron chi connectivity index (χ1n) is 8.23. The zero-order valence-corrected chi connectivity index (χ0v) is 14.7. The SMILES string of the molecule is CCCc1cc(CNCC)cc(N2CC(C)SC(C)C2)n1. The van der Waals surface area contributed by atoms with Crippen molar-refractivity contribution >= 4 is 17.6 Å². The van der Waals surface area contributed by atoms with Gasteiger partial charge in [-0.2, -0.15) is 11.8 Å². The van der Waals surface area contributed by atoms with Gasteiger partial charge in [-0.1, -0.05) is 34.1 Å². The molecule has 1 aliphatic rings. The fourth-order valence-corrected chi connectivity index (χ4v) is 4.24. The quantitative estimate of drug-likeness (QED) is 0.871. The van der Waals surface area contributed by atoms with E-state index in [1.165, 1.54) is 17.1 Å². The number of anilines is 1. The summed E-state index contributed by atoms with van der Waals surface area (Å²) in [4.78, 5) is 7.39. The summed E-state index contributed by atoms with van der Waals surface area (Å²) in [6, 6.07) is 4.54. The monoisotopic (exact) mass is 307 g/mol. The van der Waals surface area contributed by atoms with Crippen LogP contribution in [0.4, 0.5) is 5.82 Å². The molecule has 2 atom stereocenters. The van der Waals surface area contributed by atoms with Gasteiger partial charge in [0.15, 0.2) is 0 Å². The molecule has 2 heterocycles. The minimum atomic E-state index is 0.683. The van der Waals surface area contributed by atoms with Crippen molar-refractivity contribution in [2.24, 2.45) is 0 Å². The average Bonchev–Trinajstić information content (AvgIpc) is 2.44. The fourth-order valence-electron chi connectivity index (χ4n) is 2.92. The van der Waals surface area contributed by atoms with Crippen molar-refractivity contribution in [1.82, 2.24) is 10.3 Å². The lowest BCUT2D eigenvalue weighted by atomic mass is 10.1. The second-order valence-corrected chi connectivity index (χ2v) is 7.90. The van der Waals surface area contributed by atoms with Gasteiger partial charge in [-0.05, 0) is 30.7 Å². The largest absolute Gasteiger partial charge is 0.354 e. The van der Waals surface area contributed by atoms with E-state index in [0.717, 1.165) is 39.0 Å². The summed E-state index contributed by atoms with van der Waals surface area (Å²) < 4.78 is 0. The van der Waals surface area contributed by atoms with Crippen molar-refractivity contribution in [2.75, 3.05) is 24.5 Å². The highest BCUT2D eigenvalue weighted by Gasteiger charge is 2.23. The Hall–Kier alpha value is -0.740. The van der Waals surface area contributed by atoms with Crippen LogP contribution < -0.4 is 10.2 Å². The smallest absolute Gasteiger partial charge is 0.129 e.